The van der Waals surface area contributed by atoms with Crippen LogP contribution >= 0.6 is 0 Å². The summed E-state index contributed by atoms with van der Waals surface area (Å²) >= 11 is 0. The number of aromatic hydroxyl groups is 1. The molecule has 1 aromatic carbocycles. The quantitative estimate of drug-likeness (QED) is 0.384. The summed E-state index contributed by atoms with van der Waals surface area (Å²) in [6, 6.07) is 6.60. The molecule has 15 heavy (non-hydrogen) atoms. The molecule has 1 amide bonds. The van der Waals surface area contributed by atoms with Crippen molar-refractivity contribution in [2.75, 3.05) is 18.4 Å². The van der Waals surface area contributed by atoms with E-state index in [1.807, 2.05) is 0 Å². The molecule has 0 spiro atoms. The van der Waals surface area contributed by atoms with Crippen LogP contribution in [0.2, 0.25) is 0 Å². The number of amides is 1. The van der Waals surface area contributed by atoms with E-state index >= 15 is 0 Å². The normalized spacial score (nSPS) is 9.60. The molecule has 0 unspecified atom stereocenters. The monoisotopic (exact) mass is 206 g/mol. The van der Waals surface area contributed by atoms with Crippen molar-refractivity contribution in [1.82, 2.24) is 5.32 Å². The summed E-state index contributed by atoms with van der Waals surface area (Å²) < 4.78 is 0. The first kappa shape index (κ1) is 11.3. The highest BCUT2D eigenvalue weighted by Gasteiger charge is 2.03. The van der Waals surface area contributed by atoms with E-state index in [0.29, 0.717) is 12.2 Å². The zero-order valence-electron chi connectivity index (χ0n) is 8.36. The number of phenolic OH excluding ortho intramolecular Hbond substituents is 1. The molecule has 4 heteroatoms. The maximum Gasteiger partial charge on any atom is 0.238 e. The van der Waals surface area contributed by atoms with Crippen LogP contribution in [0, 0.1) is 0 Å². The van der Waals surface area contributed by atoms with Gasteiger partial charge >= 0.3 is 0 Å². The Labute approximate surface area is 88.6 Å². The van der Waals surface area contributed by atoms with E-state index in [0.717, 1.165) is 0 Å². The first-order valence-corrected chi connectivity index (χ1v) is 4.63. The maximum atomic E-state index is 11.3. The zero-order chi connectivity index (χ0) is 11.1. The van der Waals surface area contributed by atoms with E-state index in [1.54, 1.807) is 24.3 Å². The molecule has 0 fully saturated rings. The number of nitrogens with one attached hydrogen (secondary N) is 2. The van der Waals surface area contributed by atoms with E-state index in [2.05, 4.69) is 17.2 Å². The fourth-order valence-electron chi connectivity index (χ4n) is 1.06. The van der Waals surface area contributed by atoms with E-state index in [4.69, 9.17) is 0 Å². The Kier molecular flexibility index (Phi) is 4.37. The molecule has 80 valence electrons. The van der Waals surface area contributed by atoms with Crippen LogP contribution in [-0.4, -0.2) is 24.1 Å². The van der Waals surface area contributed by atoms with Crippen molar-refractivity contribution in [2.45, 2.75) is 0 Å². The SMILES string of the molecule is C=CCNCC(=O)Nc1ccccc1O. The number of carbonyl (C=O) groups is 1. The summed E-state index contributed by atoms with van der Waals surface area (Å²) in [5.41, 5.74) is 0.419. The Morgan fingerprint density at radius 3 is 2.87 bits per heavy atom. The van der Waals surface area contributed by atoms with Crippen LogP contribution in [0.4, 0.5) is 5.69 Å². The van der Waals surface area contributed by atoms with Crippen molar-refractivity contribution in [3.63, 3.8) is 0 Å². The van der Waals surface area contributed by atoms with Gasteiger partial charge in [-0.05, 0) is 12.1 Å². The Hall–Kier alpha value is -1.81. The molecule has 0 aliphatic rings. The van der Waals surface area contributed by atoms with E-state index in [9.17, 15) is 9.90 Å². The van der Waals surface area contributed by atoms with Gasteiger partial charge in [0.25, 0.3) is 0 Å². The van der Waals surface area contributed by atoms with Crippen LogP contribution in [0.15, 0.2) is 36.9 Å². The molecular weight excluding hydrogens is 192 g/mol. The fraction of sp³-hybridized carbons (Fsp3) is 0.182. The highest BCUT2D eigenvalue weighted by molar-refractivity contribution is 5.93. The van der Waals surface area contributed by atoms with Crippen molar-refractivity contribution in [3.8, 4) is 5.75 Å². The summed E-state index contributed by atoms with van der Waals surface area (Å²) in [5.74, 6) is -0.132. The van der Waals surface area contributed by atoms with Crippen molar-refractivity contribution in [1.29, 1.82) is 0 Å². The number of anilines is 1. The van der Waals surface area contributed by atoms with Crippen molar-refractivity contribution >= 4 is 11.6 Å². The molecule has 4 nitrogen and oxygen atoms in total. The van der Waals surface area contributed by atoms with E-state index in [1.165, 1.54) is 6.07 Å². The lowest BCUT2D eigenvalue weighted by molar-refractivity contribution is -0.115. The molecule has 0 saturated heterocycles. The molecule has 0 bridgehead atoms. The van der Waals surface area contributed by atoms with Crippen LogP contribution < -0.4 is 10.6 Å². The Bertz CT molecular complexity index is 350. The first-order valence-electron chi connectivity index (χ1n) is 4.63. The summed E-state index contributed by atoms with van der Waals surface area (Å²) in [5, 5.41) is 14.8. The summed E-state index contributed by atoms with van der Waals surface area (Å²) in [6.07, 6.45) is 1.67. The van der Waals surface area contributed by atoms with Crippen molar-refractivity contribution in [2.24, 2.45) is 0 Å². The molecule has 0 radical (unpaired) electrons. The first-order chi connectivity index (χ1) is 7.24. The third kappa shape index (κ3) is 3.83. The largest absolute Gasteiger partial charge is 0.506 e. The van der Waals surface area contributed by atoms with Crippen LogP contribution in [0.3, 0.4) is 0 Å². The van der Waals surface area contributed by atoms with E-state index < -0.39 is 0 Å². The number of para-hydroxylation sites is 2. The minimum absolute atomic E-state index is 0.0644. The lowest BCUT2D eigenvalue weighted by atomic mass is 10.3. The predicted octanol–water partition coefficient (Wildman–Crippen LogP) is 1.11. The van der Waals surface area contributed by atoms with Crippen molar-refractivity contribution in [3.05, 3.63) is 36.9 Å². The van der Waals surface area contributed by atoms with Crippen LogP contribution in [0.25, 0.3) is 0 Å². The molecule has 1 aromatic rings. The van der Waals surface area contributed by atoms with Gasteiger partial charge in [0.2, 0.25) is 5.91 Å². The lowest BCUT2D eigenvalue weighted by Crippen LogP contribution is -2.28. The van der Waals surface area contributed by atoms with Gasteiger partial charge in [-0.2, -0.15) is 0 Å². The standard InChI is InChI=1S/C11H14N2O2/c1-2-7-12-8-11(15)13-9-5-3-4-6-10(9)14/h2-6,12,14H,1,7-8H2,(H,13,15). The van der Waals surface area contributed by atoms with Crippen LogP contribution in [-0.2, 0) is 4.79 Å². The molecule has 0 aliphatic carbocycles. The smallest absolute Gasteiger partial charge is 0.238 e. The van der Waals surface area contributed by atoms with Gasteiger partial charge in [-0.1, -0.05) is 18.2 Å². The number of carbonyl (C=O) groups excluding carboxylic acids is 1. The molecule has 0 aliphatic heterocycles. The van der Waals surface area contributed by atoms with E-state index in [-0.39, 0.29) is 18.2 Å². The van der Waals surface area contributed by atoms with Gasteiger partial charge in [0.15, 0.2) is 0 Å². The summed E-state index contributed by atoms with van der Waals surface area (Å²) in [4.78, 5) is 11.3. The van der Waals surface area contributed by atoms with Gasteiger partial charge in [0, 0.05) is 6.54 Å². The number of benzene rings is 1. The minimum Gasteiger partial charge on any atom is -0.506 e. The fourth-order valence-corrected chi connectivity index (χ4v) is 1.06. The number of phenols is 1. The Morgan fingerprint density at radius 2 is 2.20 bits per heavy atom. The molecule has 0 heterocycles. The molecule has 1 rings (SSSR count). The van der Waals surface area contributed by atoms with Gasteiger partial charge < -0.3 is 15.7 Å². The Morgan fingerprint density at radius 1 is 1.47 bits per heavy atom. The molecule has 0 aromatic heterocycles. The average Bonchev–Trinajstić information content (AvgIpc) is 2.22. The second kappa shape index (κ2) is 5.82. The Balaban J connectivity index is 2.44. The predicted molar refractivity (Wildman–Crippen MR) is 59.8 cm³/mol. The number of rotatable bonds is 5. The molecular formula is C11H14N2O2. The van der Waals surface area contributed by atoms with Gasteiger partial charge in [-0.3, -0.25) is 4.79 Å². The number of hydrogen-bond donors (Lipinski definition) is 3. The van der Waals surface area contributed by atoms with Gasteiger partial charge in [-0.25, -0.2) is 0 Å². The summed E-state index contributed by atoms with van der Waals surface area (Å²) in [7, 11) is 0. The van der Waals surface area contributed by atoms with Crippen molar-refractivity contribution < 1.29 is 9.90 Å². The average molecular weight is 206 g/mol. The van der Waals surface area contributed by atoms with Gasteiger partial charge in [-0.15, -0.1) is 6.58 Å². The molecule has 3 N–H and O–H groups in total. The third-order valence-electron chi connectivity index (χ3n) is 1.75. The summed E-state index contributed by atoms with van der Waals surface area (Å²) in [6.45, 7) is 4.29. The minimum atomic E-state index is -0.196. The highest BCUT2D eigenvalue weighted by atomic mass is 16.3. The lowest BCUT2D eigenvalue weighted by Gasteiger charge is -2.06. The van der Waals surface area contributed by atoms with Crippen LogP contribution in [0.1, 0.15) is 0 Å². The second-order valence-corrected chi connectivity index (χ2v) is 2.98. The zero-order valence-corrected chi connectivity index (χ0v) is 8.36. The van der Waals surface area contributed by atoms with Crippen LogP contribution in [0.5, 0.6) is 5.75 Å². The molecule has 0 atom stereocenters. The second-order valence-electron chi connectivity index (χ2n) is 2.98. The topological polar surface area (TPSA) is 61.4 Å². The van der Waals surface area contributed by atoms with Gasteiger partial charge in [0.05, 0.1) is 12.2 Å². The highest BCUT2D eigenvalue weighted by Crippen LogP contribution is 2.20. The van der Waals surface area contributed by atoms with Gasteiger partial charge in [0.1, 0.15) is 5.75 Å². The maximum absolute atomic E-state index is 11.3. The number of hydrogen-bond acceptors (Lipinski definition) is 3. The molecule has 0 saturated carbocycles. The third-order valence-corrected chi connectivity index (χ3v) is 1.75.